The molecule has 18 heavy (non-hydrogen) atoms. The first-order chi connectivity index (χ1) is 8.74. The Kier molecular flexibility index (Phi) is 11.9. The van der Waals surface area contributed by atoms with Crippen LogP contribution in [0.1, 0.15) is 91.4 Å². The van der Waals surface area contributed by atoms with Crippen LogP contribution in [0.25, 0.3) is 0 Å². The first-order valence-electron chi connectivity index (χ1n) is 7.74. The van der Waals surface area contributed by atoms with Crippen LogP contribution in [0.5, 0.6) is 0 Å². The van der Waals surface area contributed by atoms with Crippen LogP contribution < -0.4 is 0 Å². The lowest BCUT2D eigenvalue weighted by Crippen LogP contribution is -2.32. The second-order valence-corrected chi connectivity index (χ2v) is 5.36. The highest BCUT2D eigenvalue weighted by atomic mass is 17.5. The lowest BCUT2D eigenvalue weighted by molar-refractivity contribution is -0.528. The van der Waals surface area contributed by atoms with E-state index in [-0.39, 0.29) is 5.60 Å². The van der Waals surface area contributed by atoms with Gasteiger partial charge in [0.15, 0.2) is 0 Å². The van der Waals surface area contributed by atoms with Gasteiger partial charge < -0.3 is 0 Å². The predicted octanol–water partition coefficient (Wildman–Crippen LogP) is 5.50. The van der Waals surface area contributed by atoms with Crippen molar-refractivity contribution in [3.05, 3.63) is 0 Å². The van der Waals surface area contributed by atoms with E-state index in [1.165, 1.54) is 19.3 Å². The lowest BCUT2D eigenvalue weighted by atomic mass is 9.86. The summed E-state index contributed by atoms with van der Waals surface area (Å²) in [7, 11) is 0. The fraction of sp³-hybridized carbons (Fsp3) is 1.00. The van der Waals surface area contributed by atoms with Crippen LogP contribution in [-0.2, 0) is 9.93 Å². The van der Waals surface area contributed by atoms with Gasteiger partial charge in [-0.05, 0) is 19.3 Å². The minimum Gasteiger partial charge on any atom is -0.221 e. The fourth-order valence-corrected chi connectivity index (χ4v) is 2.45. The third kappa shape index (κ3) is 8.06. The van der Waals surface area contributed by atoms with Crippen LogP contribution >= 0.6 is 0 Å². The molecule has 0 fully saturated rings. The summed E-state index contributed by atoms with van der Waals surface area (Å²) in [6, 6.07) is 0. The van der Waals surface area contributed by atoms with E-state index in [0.29, 0.717) is 0 Å². The molecule has 3 heteroatoms. The van der Waals surface area contributed by atoms with Crippen molar-refractivity contribution in [2.45, 2.75) is 97.0 Å². The van der Waals surface area contributed by atoms with Crippen molar-refractivity contribution >= 4 is 0 Å². The molecule has 3 nitrogen and oxygen atoms in total. The van der Waals surface area contributed by atoms with E-state index in [0.717, 1.165) is 51.4 Å². The van der Waals surface area contributed by atoms with Crippen molar-refractivity contribution in [3.8, 4) is 0 Å². The molecule has 0 aromatic carbocycles. The Labute approximate surface area is 113 Å². The van der Waals surface area contributed by atoms with Gasteiger partial charge in [0.1, 0.15) is 5.60 Å². The Balaban J connectivity index is 4.29. The van der Waals surface area contributed by atoms with Gasteiger partial charge in [-0.25, -0.2) is 5.26 Å². The van der Waals surface area contributed by atoms with E-state index in [1.807, 2.05) is 0 Å². The van der Waals surface area contributed by atoms with Crippen LogP contribution in [0.3, 0.4) is 0 Å². The van der Waals surface area contributed by atoms with E-state index in [2.05, 4.69) is 25.8 Å². The summed E-state index contributed by atoms with van der Waals surface area (Å²) in [5.74, 6) is 0. The molecule has 0 aliphatic rings. The smallest absolute Gasteiger partial charge is 0.107 e. The fourth-order valence-electron chi connectivity index (χ4n) is 2.45. The van der Waals surface area contributed by atoms with Crippen molar-refractivity contribution in [2.24, 2.45) is 0 Å². The van der Waals surface area contributed by atoms with Gasteiger partial charge in [-0.2, -0.15) is 4.89 Å². The van der Waals surface area contributed by atoms with Crippen molar-refractivity contribution in [1.82, 2.24) is 0 Å². The molecule has 110 valence electrons. The lowest BCUT2D eigenvalue weighted by Gasteiger charge is -2.31. The topological polar surface area (TPSA) is 38.7 Å². The highest BCUT2D eigenvalue weighted by molar-refractivity contribution is 4.79. The minimum atomic E-state index is -0.269. The summed E-state index contributed by atoms with van der Waals surface area (Å²) in [5.41, 5.74) is -0.269. The molecular weight excluding hydrogens is 228 g/mol. The maximum atomic E-state index is 8.68. The normalized spacial score (nSPS) is 12.0. The zero-order valence-corrected chi connectivity index (χ0v) is 12.5. The van der Waals surface area contributed by atoms with E-state index in [4.69, 9.17) is 10.1 Å². The number of rotatable bonds is 13. The highest BCUT2D eigenvalue weighted by Crippen LogP contribution is 2.32. The quantitative estimate of drug-likeness (QED) is 0.270. The van der Waals surface area contributed by atoms with Gasteiger partial charge in [0.25, 0.3) is 0 Å². The summed E-state index contributed by atoms with van der Waals surface area (Å²) in [6.45, 7) is 6.58. The van der Waals surface area contributed by atoms with Gasteiger partial charge in [0, 0.05) is 0 Å². The molecule has 0 bridgehead atoms. The Morgan fingerprint density at radius 2 is 1.22 bits per heavy atom. The average Bonchev–Trinajstić information content (AvgIpc) is 2.39. The maximum absolute atomic E-state index is 8.68. The molecule has 0 rings (SSSR count). The maximum Gasteiger partial charge on any atom is 0.107 e. The zero-order chi connectivity index (χ0) is 13.7. The van der Waals surface area contributed by atoms with Crippen LogP contribution in [-0.4, -0.2) is 10.9 Å². The van der Waals surface area contributed by atoms with Crippen molar-refractivity contribution in [1.29, 1.82) is 0 Å². The van der Waals surface area contributed by atoms with Gasteiger partial charge in [0.2, 0.25) is 0 Å². The molecule has 0 aliphatic carbocycles. The third-order valence-electron chi connectivity index (χ3n) is 3.67. The molecule has 1 N–H and O–H groups in total. The van der Waals surface area contributed by atoms with Crippen LogP contribution in [0, 0.1) is 0 Å². The molecule has 0 heterocycles. The van der Waals surface area contributed by atoms with E-state index in [9.17, 15) is 0 Å². The van der Waals surface area contributed by atoms with Crippen molar-refractivity contribution in [3.63, 3.8) is 0 Å². The van der Waals surface area contributed by atoms with Gasteiger partial charge in [-0.3, -0.25) is 0 Å². The Morgan fingerprint density at radius 3 is 1.67 bits per heavy atom. The Bertz CT molecular complexity index is 163. The molecular formula is C15H32O3. The van der Waals surface area contributed by atoms with Gasteiger partial charge >= 0.3 is 0 Å². The Morgan fingerprint density at radius 1 is 0.722 bits per heavy atom. The monoisotopic (exact) mass is 260 g/mol. The summed E-state index contributed by atoms with van der Waals surface area (Å²) >= 11 is 0. The van der Waals surface area contributed by atoms with Crippen molar-refractivity contribution in [2.75, 3.05) is 0 Å². The minimum absolute atomic E-state index is 0.269. The summed E-state index contributed by atoms with van der Waals surface area (Å²) in [6.07, 6.45) is 12.4. The van der Waals surface area contributed by atoms with Gasteiger partial charge in [-0.15, -0.1) is 0 Å². The summed E-state index contributed by atoms with van der Waals surface area (Å²) in [5, 5.41) is 12.7. The molecule has 0 spiro atoms. The molecule has 0 atom stereocenters. The molecule has 0 saturated heterocycles. The largest absolute Gasteiger partial charge is 0.221 e. The van der Waals surface area contributed by atoms with Gasteiger partial charge in [0.05, 0.1) is 0 Å². The van der Waals surface area contributed by atoms with Crippen LogP contribution in [0.15, 0.2) is 0 Å². The second-order valence-electron chi connectivity index (χ2n) is 5.36. The van der Waals surface area contributed by atoms with Crippen LogP contribution in [0.4, 0.5) is 0 Å². The standard InChI is InChI=1S/C15H32O3/c1-4-7-10-11-14-15(17-18-16,12-8-5-2)13-9-6-3/h16H,4-14H2,1-3H3. The molecule has 0 radical (unpaired) electrons. The SMILES string of the molecule is CCCCCCC(CCCC)(CCCC)OOO. The molecule has 0 aliphatic heterocycles. The molecule has 0 unspecified atom stereocenters. The van der Waals surface area contributed by atoms with Crippen LogP contribution in [0.2, 0.25) is 0 Å². The zero-order valence-electron chi connectivity index (χ0n) is 12.5. The van der Waals surface area contributed by atoms with Crippen molar-refractivity contribution < 1.29 is 15.2 Å². The summed E-state index contributed by atoms with van der Waals surface area (Å²) in [4.78, 5) is 5.27. The van der Waals surface area contributed by atoms with E-state index < -0.39 is 0 Å². The highest BCUT2D eigenvalue weighted by Gasteiger charge is 2.31. The predicted molar refractivity (Wildman–Crippen MR) is 75.3 cm³/mol. The Hall–Kier alpha value is -0.120. The second kappa shape index (κ2) is 11.9. The van der Waals surface area contributed by atoms with E-state index >= 15 is 0 Å². The summed E-state index contributed by atoms with van der Waals surface area (Å²) < 4.78 is 0. The molecule has 0 aromatic rings. The third-order valence-corrected chi connectivity index (χ3v) is 3.67. The first-order valence-corrected chi connectivity index (χ1v) is 7.74. The number of hydrogen-bond acceptors (Lipinski definition) is 3. The number of hydrogen-bond donors (Lipinski definition) is 1. The van der Waals surface area contributed by atoms with Gasteiger partial charge in [-0.1, -0.05) is 77.2 Å². The first kappa shape index (κ1) is 17.9. The molecule has 0 aromatic heterocycles. The molecule has 0 amide bonds. The average molecular weight is 260 g/mol. The molecule has 0 saturated carbocycles. The number of unbranched alkanes of at least 4 members (excludes halogenated alkanes) is 5. The van der Waals surface area contributed by atoms with E-state index in [1.54, 1.807) is 0 Å².